The summed E-state index contributed by atoms with van der Waals surface area (Å²) < 4.78 is 11.6. The number of amides is 1. The molecule has 0 unspecified atom stereocenters. The van der Waals surface area contributed by atoms with Crippen molar-refractivity contribution in [2.75, 3.05) is 7.11 Å². The quantitative estimate of drug-likeness (QED) is 0.227. The lowest BCUT2D eigenvalue weighted by Crippen LogP contribution is -2.39. The van der Waals surface area contributed by atoms with Crippen LogP contribution >= 0.6 is 22.7 Å². The van der Waals surface area contributed by atoms with Crippen molar-refractivity contribution in [2.45, 2.75) is 51.3 Å². The van der Waals surface area contributed by atoms with Crippen LogP contribution < -0.4 is 9.47 Å². The average molecular weight is 519 g/mol. The van der Waals surface area contributed by atoms with Gasteiger partial charge in [-0.2, -0.15) is 0 Å². The molecule has 0 N–H and O–H groups in total. The van der Waals surface area contributed by atoms with Crippen LogP contribution in [0, 0.1) is 0 Å². The largest absolute Gasteiger partial charge is 0.493 e. The molecule has 2 heterocycles. The number of thiophene rings is 1. The average Bonchev–Trinajstić information content (AvgIpc) is 3.70. The highest BCUT2D eigenvalue weighted by molar-refractivity contribution is 7.13. The molecule has 0 bridgehead atoms. The van der Waals surface area contributed by atoms with E-state index in [1.807, 2.05) is 53.2 Å². The molecule has 4 aromatic rings. The predicted octanol–water partition coefficient (Wildman–Crippen LogP) is 6.97. The minimum Gasteiger partial charge on any atom is -0.493 e. The zero-order valence-electron chi connectivity index (χ0n) is 20.4. The van der Waals surface area contributed by atoms with Gasteiger partial charge in [0.05, 0.1) is 19.2 Å². The summed E-state index contributed by atoms with van der Waals surface area (Å²) in [6.07, 6.45) is 4.76. The maximum absolute atomic E-state index is 13.6. The standard InChI is InChI=1S/C29H30N2O3S2/c1-33-26-14-13-21(16-27(26)34-19-25-12-7-15-35-25)18-31(24-10-5-6-11-24)28(32)17-23-20-36-29(30-23)22-8-3-2-4-9-22/h2-4,7-9,12-16,20,24H,5-6,10-11,17-19H2,1H3. The van der Waals surface area contributed by atoms with Gasteiger partial charge in [-0.1, -0.05) is 55.3 Å². The first-order chi connectivity index (χ1) is 17.7. The third-order valence-corrected chi connectivity index (χ3v) is 8.31. The van der Waals surface area contributed by atoms with Crippen LogP contribution in [-0.2, 0) is 24.4 Å². The Bertz CT molecular complexity index is 1260. The second kappa shape index (κ2) is 11.7. The second-order valence-corrected chi connectivity index (χ2v) is 10.9. The van der Waals surface area contributed by atoms with E-state index in [4.69, 9.17) is 14.5 Å². The molecule has 5 rings (SSSR count). The van der Waals surface area contributed by atoms with E-state index in [2.05, 4.69) is 23.1 Å². The SMILES string of the molecule is COc1ccc(CN(C(=O)Cc2csc(-c3ccccc3)n2)C2CCCC2)cc1OCc1cccs1. The van der Waals surface area contributed by atoms with Crippen molar-refractivity contribution in [3.8, 4) is 22.1 Å². The van der Waals surface area contributed by atoms with Crippen molar-refractivity contribution in [1.82, 2.24) is 9.88 Å². The lowest BCUT2D eigenvalue weighted by atomic mass is 10.1. The first-order valence-corrected chi connectivity index (χ1v) is 14.1. The molecular weight excluding hydrogens is 488 g/mol. The molecule has 2 aromatic carbocycles. The van der Waals surface area contributed by atoms with Gasteiger partial charge in [-0.05, 0) is 42.0 Å². The number of rotatable bonds is 10. The number of benzene rings is 2. The second-order valence-electron chi connectivity index (χ2n) is 9.00. The molecule has 2 aromatic heterocycles. The molecule has 0 saturated heterocycles. The minimum atomic E-state index is 0.128. The molecule has 186 valence electrons. The lowest BCUT2D eigenvalue weighted by molar-refractivity contribution is -0.133. The monoisotopic (exact) mass is 518 g/mol. The Morgan fingerprint density at radius 1 is 1.03 bits per heavy atom. The summed E-state index contributed by atoms with van der Waals surface area (Å²) in [6.45, 7) is 1.05. The van der Waals surface area contributed by atoms with E-state index in [-0.39, 0.29) is 11.9 Å². The molecule has 0 aliphatic heterocycles. The number of aromatic nitrogens is 1. The van der Waals surface area contributed by atoms with E-state index in [0.717, 1.165) is 39.5 Å². The fourth-order valence-corrected chi connectivity index (χ4v) is 6.11. The number of thiazole rings is 1. The van der Waals surface area contributed by atoms with Crippen LogP contribution in [0.15, 0.2) is 71.4 Å². The zero-order valence-corrected chi connectivity index (χ0v) is 22.0. The van der Waals surface area contributed by atoms with Crippen LogP contribution in [0.3, 0.4) is 0 Å². The van der Waals surface area contributed by atoms with Gasteiger partial charge in [-0.15, -0.1) is 22.7 Å². The van der Waals surface area contributed by atoms with Crippen molar-refractivity contribution >= 4 is 28.6 Å². The topological polar surface area (TPSA) is 51.7 Å². The first-order valence-electron chi connectivity index (χ1n) is 12.3. The predicted molar refractivity (Wildman–Crippen MR) is 146 cm³/mol. The van der Waals surface area contributed by atoms with Crippen molar-refractivity contribution in [3.05, 3.63) is 87.6 Å². The highest BCUT2D eigenvalue weighted by atomic mass is 32.1. The molecule has 1 aliphatic carbocycles. The zero-order chi connectivity index (χ0) is 24.7. The number of carbonyl (C=O) groups excluding carboxylic acids is 1. The summed E-state index contributed by atoms with van der Waals surface area (Å²) in [6, 6.07) is 20.4. The van der Waals surface area contributed by atoms with E-state index in [1.165, 1.54) is 12.8 Å². The molecular formula is C29H30N2O3S2. The molecule has 0 spiro atoms. The summed E-state index contributed by atoms with van der Waals surface area (Å²) in [5, 5.41) is 5.01. The van der Waals surface area contributed by atoms with Crippen LogP contribution in [-0.4, -0.2) is 28.9 Å². The summed E-state index contributed by atoms with van der Waals surface area (Å²) in [5.41, 5.74) is 2.96. The van der Waals surface area contributed by atoms with Crippen LogP contribution in [0.2, 0.25) is 0 Å². The van der Waals surface area contributed by atoms with Gasteiger partial charge in [0.15, 0.2) is 11.5 Å². The van der Waals surface area contributed by atoms with Gasteiger partial charge in [0.2, 0.25) is 5.91 Å². The summed E-state index contributed by atoms with van der Waals surface area (Å²) in [5.74, 6) is 1.53. The first kappa shape index (κ1) is 24.5. The molecule has 7 heteroatoms. The van der Waals surface area contributed by atoms with Crippen molar-refractivity contribution in [2.24, 2.45) is 0 Å². The van der Waals surface area contributed by atoms with E-state index in [9.17, 15) is 4.79 Å². The van der Waals surface area contributed by atoms with Gasteiger partial charge >= 0.3 is 0 Å². The maximum atomic E-state index is 13.6. The highest BCUT2D eigenvalue weighted by Crippen LogP contribution is 2.32. The number of hydrogen-bond donors (Lipinski definition) is 0. The Labute approximate surface area is 220 Å². The van der Waals surface area contributed by atoms with Crippen molar-refractivity contribution in [1.29, 1.82) is 0 Å². The summed E-state index contributed by atoms with van der Waals surface area (Å²) in [7, 11) is 1.65. The minimum absolute atomic E-state index is 0.128. The molecule has 36 heavy (non-hydrogen) atoms. The molecule has 0 atom stereocenters. The number of ether oxygens (including phenoxy) is 2. The third-order valence-electron chi connectivity index (χ3n) is 6.52. The Balaban J connectivity index is 1.32. The molecule has 0 radical (unpaired) electrons. The molecule has 1 aliphatic rings. The molecule has 1 amide bonds. The van der Waals surface area contributed by atoms with Gasteiger partial charge < -0.3 is 14.4 Å². The number of methoxy groups -OCH3 is 1. The van der Waals surface area contributed by atoms with E-state index < -0.39 is 0 Å². The van der Waals surface area contributed by atoms with Gasteiger partial charge in [0, 0.05) is 28.4 Å². The van der Waals surface area contributed by atoms with E-state index >= 15 is 0 Å². The van der Waals surface area contributed by atoms with Crippen LogP contribution in [0.25, 0.3) is 10.6 Å². The van der Waals surface area contributed by atoms with Gasteiger partial charge in [-0.25, -0.2) is 4.98 Å². The van der Waals surface area contributed by atoms with E-state index in [1.54, 1.807) is 29.8 Å². The Morgan fingerprint density at radius 2 is 1.86 bits per heavy atom. The summed E-state index contributed by atoms with van der Waals surface area (Å²) >= 11 is 3.26. The molecule has 1 fully saturated rings. The van der Waals surface area contributed by atoms with Crippen LogP contribution in [0.1, 0.15) is 41.8 Å². The highest BCUT2D eigenvalue weighted by Gasteiger charge is 2.27. The van der Waals surface area contributed by atoms with Crippen LogP contribution in [0.5, 0.6) is 11.5 Å². The van der Waals surface area contributed by atoms with Crippen molar-refractivity contribution in [3.63, 3.8) is 0 Å². The molecule has 1 saturated carbocycles. The maximum Gasteiger partial charge on any atom is 0.229 e. The number of nitrogens with zero attached hydrogens (tertiary/aromatic N) is 2. The smallest absolute Gasteiger partial charge is 0.229 e. The number of hydrogen-bond acceptors (Lipinski definition) is 6. The fraction of sp³-hybridized carbons (Fsp3) is 0.310. The van der Waals surface area contributed by atoms with E-state index in [0.29, 0.717) is 31.1 Å². The summed E-state index contributed by atoms with van der Waals surface area (Å²) in [4.78, 5) is 21.5. The third kappa shape index (κ3) is 5.97. The Hall–Kier alpha value is -3.16. The van der Waals surface area contributed by atoms with Crippen molar-refractivity contribution < 1.29 is 14.3 Å². The van der Waals surface area contributed by atoms with Gasteiger partial charge in [-0.3, -0.25) is 4.79 Å². The fourth-order valence-electron chi connectivity index (χ4n) is 4.67. The Morgan fingerprint density at radius 3 is 2.61 bits per heavy atom. The lowest BCUT2D eigenvalue weighted by Gasteiger charge is -2.29. The molecule has 5 nitrogen and oxygen atoms in total. The normalized spacial score (nSPS) is 13.6. The van der Waals surface area contributed by atoms with Gasteiger partial charge in [0.1, 0.15) is 11.6 Å². The van der Waals surface area contributed by atoms with Gasteiger partial charge in [0.25, 0.3) is 0 Å². The Kier molecular flexibility index (Phi) is 7.98. The number of carbonyl (C=O) groups is 1. The van der Waals surface area contributed by atoms with Crippen LogP contribution in [0.4, 0.5) is 0 Å².